The number of carbonyl (C=O) groups excluding carboxylic acids is 1. The molecule has 3 atom stereocenters. The van der Waals surface area contributed by atoms with Crippen molar-refractivity contribution in [1.29, 1.82) is 0 Å². The topological polar surface area (TPSA) is 66.5 Å². The number of hydrogen-bond acceptors (Lipinski definition) is 3. The monoisotopic (exact) mass is 390 g/mol. The van der Waals surface area contributed by atoms with Crippen molar-refractivity contribution in [1.82, 2.24) is 4.31 Å². The van der Waals surface area contributed by atoms with Crippen molar-refractivity contribution in [3.8, 4) is 0 Å². The molecule has 1 heterocycles. The maximum Gasteiger partial charge on any atom is 0.243 e. The first-order valence-electron chi connectivity index (χ1n) is 10.4. The summed E-state index contributed by atoms with van der Waals surface area (Å²) < 4.78 is 27.2. The van der Waals surface area contributed by atoms with Crippen LogP contribution in [0.2, 0.25) is 0 Å². The lowest BCUT2D eigenvalue weighted by molar-refractivity contribution is -0.117. The molecule has 27 heavy (non-hydrogen) atoms. The van der Waals surface area contributed by atoms with E-state index in [0.29, 0.717) is 36.0 Å². The van der Waals surface area contributed by atoms with Crippen molar-refractivity contribution in [3.63, 3.8) is 0 Å². The number of benzene rings is 1. The highest BCUT2D eigenvalue weighted by atomic mass is 32.2. The molecule has 1 N–H and O–H groups in total. The molecule has 3 unspecified atom stereocenters. The van der Waals surface area contributed by atoms with Crippen LogP contribution < -0.4 is 5.32 Å². The van der Waals surface area contributed by atoms with Crippen LogP contribution in [0.3, 0.4) is 0 Å². The Bertz CT molecular complexity index is 767. The number of nitrogens with zero attached hydrogens (tertiary/aromatic N) is 1. The maximum absolute atomic E-state index is 12.8. The lowest BCUT2D eigenvalue weighted by Gasteiger charge is -2.21. The molecule has 1 saturated heterocycles. The molecule has 4 rings (SSSR count). The van der Waals surface area contributed by atoms with Gasteiger partial charge in [0.05, 0.1) is 4.90 Å². The van der Waals surface area contributed by atoms with Crippen LogP contribution in [-0.4, -0.2) is 31.7 Å². The van der Waals surface area contributed by atoms with Gasteiger partial charge in [-0.2, -0.15) is 4.31 Å². The van der Waals surface area contributed by atoms with E-state index in [9.17, 15) is 13.2 Å². The minimum Gasteiger partial charge on any atom is -0.326 e. The van der Waals surface area contributed by atoms with E-state index in [1.165, 1.54) is 25.7 Å². The molecule has 0 spiro atoms. The molecule has 0 radical (unpaired) electrons. The average Bonchev–Trinajstić information content (AvgIpc) is 3.14. The summed E-state index contributed by atoms with van der Waals surface area (Å²) in [6.45, 7) is 1.20. The van der Waals surface area contributed by atoms with E-state index in [0.717, 1.165) is 37.5 Å². The van der Waals surface area contributed by atoms with Gasteiger partial charge in [-0.05, 0) is 74.1 Å². The van der Waals surface area contributed by atoms with Gasteiger partial charge in [0.25, 0.3) is 0 Å². The molecule has 1 aromatic rings. The fraction of sp³-hybridized carbons (Fsp3) is 0.667. The van der Waals surface area contributed by atoms with Gasteiger partial charge in [-0.3, -0.25) is 4.79 Å². The van der Waals surface area contributed by atoms with Gasteiger partial charge in [0.2, 0.25) is 15.9 Å². The van der Waals surface area contributed by atoms with Crippen LogP contribution in [0.5, 0.6) is 0 Å². The molecule has 2 saturated carbocycles. The molecule has 6 heteroatoms. The molecule has 2 bridgehead atoms. The molecule has 0 aromatic heterocycles. The van der Waals surface area contributed by atoms with Crippen LogP contribution in [0.1, 0.15) is 57.8 Å². The van der Waals surface area contributed by atoms with Crippen LogP contribution in [0, 0.1) is 17.8 Å². The second-order valence-electron chi connectivity index (χ2n) is 8.53. The van der Waals surface area contributed by atoms with E-state index in [4.69, 9.17) is 0 Å². The van der Waals surface area contributed by atoms with Gasteiger partial charge in [0.15, 0.2) is 0 Å². The first kappa shape index (κ1) is 18.9. The van der Waals surface area contributed by atoms with Crippen molar-refractivity contribution >= 4 is 21.6 Å². The second-order valence-corrected chi connectivity index (χ2v) is 10.5. The van der Waals surface area contributed by atoms with Gasteiger partial charge in [-0.1, -0.05) is 19.3 Å². The molecule has 148 valence electrons. The third-order valence-electron chi connectivity index (χ3n) is 6.67. The fourth-order valence-electron chi connectivity index (χ4n) is 5.22. The first-order chi connectivity index (χ1) is 13.0. The summed E-state index contributed by atoms with van der Waals surface area (Å²) >= 11 is 0. The second kappa shape index (κ2) is 7.92. The summed E-state index contributed by atoms with van der Waals surface area (Å²) in [6, 6.07) is 6.66. The smallest absolute Gasteiger partial charge is 0.243 e. The van der Waals surface area contributed by atoms with Crippen LogP contribution in [0.25, 0.3) is 0 Å². The Morgan fingerprint density at radius 3 is 2.30 bits per heavy atom. The summed E-state index contributed by atoms with van der Waals surface area (Å²) in [6.07, 6.45) is 9.77. The zero-order valence-corrected chi connectivity index (χ0v) is 16.7. The first-order valence-corrected chi connectivity index (χ1v) is 11.9. The molecule has 1 amide bonds. The molecule has 5 nitrogen and oxygen atoms in total. The fourth-order valence-corrected chi connectivity index (χ4v) is 6.74. The van der Waals surface area contributed by atoms with E-state index >= 15 is 0 Å². The quantitative estimate of drug-likeness (QED) is 0.826. The highest BCUT2D eigenvalue weighted by molar-refractivity contribution is 7.89. The van der Waals surface area contributed by atoms with Crippen molar-refractivity contribution in [3.05, 3.63) is 24.3 Å². The zero-order valence-electron chi connectivity index (χ0n) is 15.9. The Balaban J connectivity index is 1.36. The minimum atomic E-state index is -3.43. The van der Waals surface area contributed by atoms with Gasteiger partial charge in [-0.15, -0.1) is 0 Å². The minimum absolute atomic E-state index is 0.0516. The van der Waals surface area contributed by atoms with Crippen molar-refractivity contribution in [2.24, 2.45) is 17.8 Å². The molecular formula is C21H30N2O3S. The number of hydrogen-bond donors (Lipinski definition) is 1. The van der Waals surface area contributed by atoms with Crippen molar-refractivity contribution < 1.29 is 13.2 Å². The molecule has 3 aliphatic rings. The third-order valence-corrected chi connectivity index (χ3v) is 8.59. The molecule has 2 aliphatic carbocycles. The van der Waals surface area contributed by atoms with E-state index in [1.54, 1.807) is 28.6 Å². The zero-order chi connectivity index (χ0) is 18.9. The largest absolute Gasteiger partial charge is 0.326 e. The lowest BCUT2D eigenvalue weighted by Crippen LogP contribution is -2.31. The summed E-state index contributed by atoms with van der Waals surface area (Å²) in [4.78, 5) is 12.7. The van der Waals surface area contributed by atoms with Gasteiger partial charge in [0, 0.05) is 25.2 Å². The normalized spacial score (nSPS) is 28.8. The van der Waals surface area contributed by atoms with Gasteiger partial charge >= 0.3 is 0 Å². The van der Waals surface area contributed by atoms with E-state index in [2.05, 4.69) is 5.32 Å². The number of nitrogens with one attached hydrogen (secondary N) is 1. The molecule has 3 fully saturated rings. The van der Waals surface area contributed by atoms with E-state index in [-0.39, 0.29) is 5.91 Å². The van der Waals surface area contributed by atoms with E-state index in [1.807, 2.05) is 0 Å². The SMILES string of the molecule is O=C(CC1CC2CCC1C2)Nc1ccc(S(=O)(=O)N2CCCCCC2)cc1. The third kappa shape index (κ3) is 4.21. The average molecular weight is 391 g/mol. The predicted octanol–water partition coefficient (Wildman–Crippen LogP) is 4.02. The number of sulfonamides is 1. The maximum atomic E-state index is 12.8. The highest BCUT2D eigenvalue weighted by Gasteiger charge is 2.40. The highest BCUT2D eigenvalue weighted by Crippen LogP contribution is 2.49. The number of amides is 1. The summed E-state index contributed by atoms with van der Waals surface area (Å²) in [5.41, 5.74) is 0.679. The van der Waals surface area contributed by atoms with Crippen LogP contribution >= 0.6 is 0 Å². The Hall–Kier alpha value is -1.40. The number of anilines is 1. The van der Waals surface area contributed by atoms with Gasteiger partial charge in [-0.25, -0.2) is 8.42 Å². The number of fused-ring (bicyclic) bond motifs is 2. The van der Waals surface area contributed by atoms with Gasteiger partial charge in [0.1, 0.15) is 0 Å². The Kier molecular flexibility index (Phi) is 5.55. The summed E-state index contributed by atoms with van der Waals surface area (Å²) in [7, 11) is -3.43. The lowest BCUT2D eigenvalue weighted by atomic mass is 9.86. The van der Waals surface area contributed by atoms with Crippen LogP contribution in [0.15, 0.2) is 29.2 Å². The standard InChI is InChI=1S/C21H30N2O3S/c24-21(15-18-14-16-5-6-17(18)13-16)22-19-7-9-20(10-8-19)27(25,26)23-11-3-1-2-4-12-23/h7-10,16-18H,1-6,11-15H2,(H,22,24). The Morgan fingerprint density at radius 2 is 1.70 bits per heavy atom. The van der Waals surface area contributed by atoms with Crippen LogP contribution in [0.4, 0.5) is 5.69 Å². The Morgan fingerprint density at radius 1 is 1.00 bits per heavy atom. The Labute approximate surface area is 162 Å². The number of rotatable bonds is 5. The summed E-state index contributed by atoms with van der Waals surface area (Å²) in [5, 5.41) is 2.95. The van der Waals surface area contributed by atoms with Crippen LogP contribution in [-0.2, 0) is 14.8 Å². The van der Waals surface area contributed by atoms with Crippen molar-refractivity contribution in [2.45, 2.75) is 62.7 Å². The number of carbonyl (C=O) groups is 1. The molecular weight excluding hydrogens is 360 g/mol. The molecule has 1 aromatic carbocycles. The molecule has 1 aliphatic heterocycles. The van der Waals surface area contributed by atoms with E-state index < -0.39 is 10.0 Å². The summed E-state index contributed by atoms with van der Waals surface area (Å²) in [5.74, 6) is 2.17. The predicted molar refractivity (Wildman–Crippen MR) is 106 cm³/mol. The van der Waals surface area contributed by atoms with Crippen molar-refractivity contribution in [2.75, 3.05) is 18.4 Å². The van der Waals surface area contributed by atoms with Gasteiger partial charge < -0.3 is 5.32 Å².